The van der Waals surface area contributed by atoms with Gasteiger partial charge in [-0.2, -0.15) is 0 Å². The van der Waals surface area contributed by atoms with Crippen molar-refractivity contribution < 1.29 is 14.4 Å². The first-order valence-electron chi connectivity index (χ1n) is 11.0. The summed E-state index contributed by atoms with van der Waals surface area (Å²) >= 11 is 0. The zero-order valence-corrected chi connectivity index (χ0v) is 18.2. The van der Waals surface area contributed by atoms with Crippen LogP contribution in [0.1, 0.15) is 106 Å². The lowest BCUT2D eigenvalue weighted by molar-refractivity contribution is -0.929. The fraction of sp³-hybridized carbons (Fsp3) is 0.955. The third kappa shape index (κ3) is 14.3. The second-order valence-corrected chi connectivity index (χ2v) is 7.48. The first-order valence-corrected chi connectivity index (χ1v) is 11.0. The van der Waals surface area contributed by atoms with Crippen LogP contribution >= 0.6 is 0 Å². The molecule has 0 amide bonds. The van der Waals surface area contributed by atoms with Crippen molar-refractivity contribution in [2.24, 2.45) is 5.92 Å². The number of hydrogen-bond acceptors (Lipinski definition) is 2. The molecule has 25 heavy (non-hydrogen) atoms. The van der Waals surface area contributed by atoms with Crippen molar-refractivity contribution in [3.8, 4) is 0 Å². The molecule has 0 radical (unpaired) electrons. The molecule has 0 aliphatic carbocycles. The van der Waals surface area contributed by atoms with Crippen molar-refractivity contribution in [3.63, 3.8) is 0 Å². The van der Waals surface area contributed by atoms with E-state index in [-0.39, 0.29) is 5.92 Å². The number of rotatable bonds is 15. The number of carboxylic acids is 1. The van der Waals surface area contributed by atoms with E-state index in [0.29, 0.717) is 12.8 Å². The van der Waals surface area contributed by atoms with E-state index in [2.05, 4.69) is 27.7 Å². The van der Waals surface area contributed by atoms with E-state index in [1.807, 2.05) is 13.8 Å². The number of unbranched alkanes of at least 4 members (excludes halogenated alkanes) is 4. The van der Waals surface area contributed by atoms with E-state index < -0.39 is 5.97 Å². The molecule has 0 spiro atoms. The van der Waals surface area contributed by atoms with Gasteiger partial charge in [0.2, 0.25) is 0 Å². The van der Waals surface area contributed by atoms with Crippen LogP contribution in [0.3, 0.4) is 0 Å². The minimum absolute atomic E-state index is 0.241. The first kappa shape index (κ1) is 26.7. The minimum atomic E-state index is -0.921. The summed E-state index contributed by atoms with van der Waals surface area (Å²) < 4.78 is 1.42. The highest BCUT2D eigenvalue weighted by Gasteiger charge is 2.24. The van der Waals surface area contributed by atoms with Crippen LogP contribution in [-0.2, 0) is 4.79 Å². The molecule has 0 rings (SSSR count). The molecule has 0 heterocycles. The molecule has 0 bridgehead atoms. The topological polar surface area (TPSA) is 40.1 Å². The number of carbonyl (C=O) groups is 1. The number of carboxylic acid groups (broad SMARTS) is 1. The Kier molecular flexibility index (Phi) is 19.4. The molecule has 0 saturated heterocycles. The molecule has 0 aliphatic heterocycles. The molecule has 0 aromatic carbocycles. The van der Waals surface area contributed by atoms with Gasteiger partial charge in [0, 0.05) is 5.97 Å². The van der Waals surface area contributed by atoms with Crippen LogP contribution in [0.5, 0.6) is 0 Å². The first-order chi connectivity index (χ1) is 12.0. The van der Waals surface area contributed by atoms with Crippen LogP contribution in [0.4, 0.5) is 0 Å². The van der Waals surface area contributed by atoms with Crippen molar-refractivity contribution in [3.05, 3.63) is 0 Å². The number of quaternary nitrogens is 1. The summed E-state index contributed by atoms with van der Waals surface area (Å²) in [4.78, 5) is 10.1. The minimum Gasteiger partial charge on any atom is -0.550 e. The van der Waals surface area contributed by atoms with Crippen LogP contribution in [0.2, 0.25) is 0 Å². The maximum absolute atomic E-state index is 10.1. The highest BCUT2D eigenvalue weighted by molar-refractivity contribution is 5.67. The summed E-state index contributed by atoms with van der Waals surface area (Å²) in [7, 11) is 0. The van der Waals surface area contributed by atoms with Gasteiger partial charge in [0.25, 0.3) is 0 Å². The third-order valence-electron chi connectivity index (χ3n) is 5.26. The third-order valence-corrected chi connectivity index (χ3v) is 5.26. The Morgan fingerprint density at radius 3 is 1.08 bits per heavy atom. The van der Waals surface area contributed by atoms with E-state index >= 15 is 0 Å². The predicted octanol–water partition coefficient (Wildman–Crippen LogP) is 5.18. The maximum atomic E-state index is 10.1. The monoisotopic (exact) mass is 357 g/mol. The summed E-state index contributed by atoms with van der Waals surface area (Å²) in [5, 5.41) is 10.1. The second kappa shape index (κ2) is 18.2. The highest BCUT2D eigenvalue weighted by atomic mass is 16.4. The average molecular weight is 358 g/mol. The van der Waals surface area contributed by atoms with Gasteiger partial charge in [-0.25, -0.2) is 0 Å². The summed E-state index contributed by atoms with van der Waals surface area (Å²) in [6.45, 7) is 18.7. The Balaban J connectivity index is 0. The van der Waals surface area contributed by atoms with Crippen LogP contribution in [0, 0.1) is 5.92 Å². The molecule has 0 unspecified atom stereocenters. The Bertz CT molecular complexity index is 250. The molecule has 152 valence electrons. The molecule has 0 aromatic heterocycles. The summed E-state index contributed by atoms with van der Waals surface area (Å²) in [6.07, 6.45) is 12.4. The molecule has 0 N–H and O–H groups in total. The van der Waals surface area contributed by atoms with Crippen molar-refractivity contribution in [2.45, 2.75) is 106 Å². The largest absolute Gasteiger partial charge is 0.550 e. The van der Waals surface area contributed by atoms with Gasteiger partial charge in [-0.3, -0.25) is 0 Å². The lowest BCUT2D eigenvalue weighted by Crippen LogP contribution is -2.50. The van der Waals surface area contributed by atoms with Crippen molar-refractivity contribution in [2.75, 3.05) is 26.2 Å². The molecule has 3 nitrogen and oxygen atoms in total. The van der Waals surface area contributed by atoms with Crippen LogP contribution in [0.25, 0.3) is 0 Å². The van der Waals surface area contributed by atoms with E-state index in [1.165, 1.54) is 82.0 Å². The van der Waals surface area contributed by atoms with Gasteiger partial charge in [-0.1, -0.05) is 67.2 Å². The van der Waals surface area contributed by atoms with Crippen LogP contribution in [0.15, 0.2) is 0 Å². The summed E-state index contributed by atoms with van der Waals surface area (Å²) in [6, 6.07) is 0. The quantitative estimate of drug-likeness (QED) is 0.379. The van der Waals surface area contributed by atoms with Gasteiger partial charge < -0.3 is 14.4 Å². The zero-order valence-electron chi connectivity index (χ0n) is 18.2. The molecule has 0 aromatic rings. The lowest BCUT2D eigenvalue weighted by Gasteiger charge is -2.39. The van der Waals surface area contributed by atoms with Gasteiger partial charge in [0.1, 0.15) is 0 Å². The zero-order chi connectivity index (χ0) is 19.6. The molecule has 3 heteroatoms. The highest BCUT2D eigenvalue weighted by Crippen LogP contribution is 2.16. The summed E-state index contributed by atoms with van der Waals surface area (Å²) in [5.74, 6) is -1.16. The molecule has 0 atom stereocenters. The Labute approximate surface area is 158 Å². The molecular weight excluding hydrogens is 310 g/mol. The standard InChI is InChI=1S/C16H36N.C6H12O2/c1-5-9-13-17(14-10-6-2,15-11-7-3)16-12-8-4;1-3-5(4-2)6(7)8/h5-16H2,1-4H3;5H,3-4H2,1-2H3,(H,7,8)/q+1;/p-1. The fourth-order valence-electron chi connectivity index (χ4n) is 3.27. The molecule has 0 saturated carbocycles. The van der Waals surface area contributed by atoms with E-state index in [9.17, 15) is 9.90 Å². The van der Waals surface area contributed by atoms with Crippen molar-refractivity contribution in [1.82, 2.24) is 0 Å². The Hall–Kier alpha value is -0.570. The van der Waals surface area contributed by atoms with Gasteiger partial charge in [0.15, 0.2) is 0 Å². The smallest absolute Gasteiger partial charge is 0.0786 e. The number of aliphatic carboxylic acids is 1. The Morgan fingerprint density at radius 1 is 0.680 bits per heavy atom. The van der Waals surface area contributed by atoms with E-state index in [1.54, 1.807) is 0 Å². The van der Waals surface area contributed by atoms with E-state index in [0.717, 1.165) is 0 Å². The SMILES string of the molecule is CCC(CC)C(=O)[O-].CCCC[N+](CCCC)(CCCC)CCCC. The molecular formula is C22H47NO2. The molecule has 0 aliphatic rings. The maximum Gasteiger partial charge on any atom is 0.0786 e. The van der Waals surface area contributed by atoms with Gasteiger partial charge in [-0.15, -0.1) is 0 Å². The molecule has 0 fully saturated rings. The van der Waals surface area contributed by atoms with Gasteiger partial charge in [-0.05, 0) is 44.4 Å². The number of hydrogen-bond donors (Lipinski definition) is 0. The summed E-state index contributed by atoms with van der Waals surface area (Å²) in [5.41, 5.74) is 0. The normalized spacial score (nSPS) is 11.3. The van der Waals surface area contributed by atoms with Gasteiger partial charge >= 0.3 is 0 Å². The van der Waals surface area contributed by atoms with Gasteiger partial charge in [0.05, 0.1) is 26.2 Å². The lowest BCUT2D eigenvalue weighted by atomic mass is 10.1. The van der Waals surface area contributed by atoms with Crippen LogP contribution < -0.4 is 5.11 Å². The second-order valence-electron chi connectivity index (χ2n) is 7.48. The van der Waals surface area contributed by atoms with E-state index in [4.69, 9.17) is 0 Å². The van der Waals surface area contributed by atoms with Crippen molar-refractivity contribution >= 4 is 5.97 Å². The Morgan fingerprint density at radius 2 is 0.960 bits per heavy atom. The number of carbonyl (C=O) groups excluding carboxylic acids is 1. The van der Waals surface area contributed by atoms with Crippen LogP contribution in [-0.4, -0.2) is 36.6 Å². The number of nitrogens with zero attached hydrogens (tertiary/aromatic N) is 1. The van der Waals surface area contributed by atoms with Crippen molar-refractivity contribution in [1.29, 1.82) is 0 Å². The fourth-order valence-corrected chi connectivity index (χ4v) is 3.27. The predicted molar refractivity (Wildman–Crippen MR) is 108 cm³/mol. The average Bonchev–Trinajstić information content (AvgIpc) is 2.62.